The first-order chi connectivity index (χ1) is 15.3. The van der Waals surface area contributed by atoms with E-state index in [4.69, 9.17) is 9.63 Å². The Kier molecular flexibility index (Phi) is 5.21. The van der Waals surface area contributed by atoms with Crippen molar-refractivity contribution in [3.05, 3.63) is 98.0 Å². The number of non-ortho nitro benzene ring substituents is 1. The van der Waals surface area contributed by atoms with Gasteiger partial charge in [0.1, 0.15) is 5.56 Å². The lowest BCUT2D eigenvalue weighted by atomic mass is 10.1. The number of aromatic nitrogens is 2. The number of hydrogen-bond acceptors (Lipinski definition) is 7. The van der Waals surface area contributed by atoms with Crippen LogP contribution in [0.15, 0.2) is 70.2 Å². The van der Waals surface area contributed by atoms with Crippen molar-refractivity contribution in [1.82, 2.24) is 9.72 Å². The molecule has 0 spiro atoms. The number of fused-ring (bicyclic) bond motifs is 1. The molecule has 0 aliphatic rings. The fourth-order valence-corrected chi connectivity index (χ4v) is 3.06. The normalized spacial score (nSPS) is 10.8. The summed E-state index contributed by atoms with van der Waals surface area (Å²) in [6.07, 6.45) is 2.85. The van der Waals surface area contributed by atoms with Gasteiger partial charge in [0.2, 0.25) is 0 Å². The summed E-state index contributed by atoms with van der Waals surface area (Å²) in [6.45, 7) is 0.291. The van der Waals surface area contributed by atoms with Crippen LogP contribution in [0.1, 0.15) is 26.3 Å². The summed E-state index contributed by atoms with van der Waals surface area (Å²) in [4.78, 5) is 46.3. The number of nitrogens with zero attached hydrogens (tertiary/aromatic N) is 3. The van der Waals surface area contributed by atoms with Crippen LogP contribution in [-0.4, -0.2) is 31.6 Å². The Morgan fingerprint density at radius 1 is 1.16 bits per heavy atom. The highest BCUT2D eigenvalue weighted by Gasteiger charge is 2.18. The summed E-state index contributed by atoms with van der Waals surface area (Å²) in [5, 5.41) is 26.4. The predicted molar refractivity (Wildman–Crippen MR) is 112 cm³/mol. The number of nitro benzene ring substituents is 1. The van der Waals surface area contributed by atoms with Gasteiger partial charge in [-0.15, -0.1) is 0 Å². The number of benzene rings is 2. The van der Waals surface area contributed by atoms with Crippen LogP contribution in [-0.2, 0) is 6.54 Å². The first-order valence-electron chi connectivity index (χ1n) is 9.19. The number of carbonyl (C=O) groups is 2. The molecule has 0 aliphatic heterocycles. The molecule has 11 heteroatoms. The number of amides is 1. The van der Waals surface area contributed by atoms with Gasteiger partial charge in [0, 0.05) is 37.1 Å². The molecule has 1 amide bonds. The number of hydrogen-bond donors (Lipinski definition) is 2. The van der Waals surface area contributed by atoms with Crippen molar-refractivity contribution < 1.29 is 24.1 Å². The summed E-state index contributed by atoms with van der Waals surface area (Å²) < 4.78 is 6.66. The van der Waals surface area contributed by atoms with Crippen LogP contribution in [0.4, 0.5) is 11.5 Å². The summed E-state index contributed by atoms with van der Waals surface area (Å²) in [6, 6.07) is 11.2. The number of carbonyl (C=O) groups excluding carboxylic acids is 1. The Morgan fingerprint density at radius 2 is 1.91 bits per heavy atom. The standard InChI is InChI=1S/C21H14N4O7/c26-17-7-8-24(10-12-1-3-13(4-2-12)21(28)29)11-16(17)20(27)22-19-15-9-14(25(30)31)5-6-18(15)32-23-19/h1-9,11H,10H2,(H,28,29)(H,22,23,27). The Morgan fingerprint density at radius 3 is 2.59 bits per heavy atom. The van der Waals surface area contributed by atoms with E-state index in [1.54, 1.807) is 16.7 Å². The minimum atomic E-state index is -1.04. The SMILES string of the molecule is O=C(O)c1ccc(Cn2ccc(=O)c(C(=O)Nc3noc4ccc([N+](=O)[O-])cc34)c2)cc1. The first-order valence-corrected chi connectivity index (χ1v) is 9.19. The van der Waals surface area contributed by atoms with Crippen LogP contribution < -0.4 is 10.7 Å². The molecule has 160 valence electrons. The monoisotopic (exact) mass is 434 g/mol. The predicted octanol–water partition coefficient (Wildman–Crippen LogP) is 2.90. The van der Waals surface area contributed by atoms with Gasteiger partial charge in [-0.3, -0.25) is 19.7 Å². The third-order valence-corrected chi connectivity index (χ3v) is 4.68. The van der Waals surface area contributed by atoms with Crippen LogP contribution in [0.5, 0.6) is 0 Å². The molecule has 0 aliphatic carbocycles. The van der Waals surface area contributed by atoms with Gasteiger partial charge in [-0.05, 0) is 23.8 Å². The van der Waals surface area contributed by atoms with Crippen molar-refractivity contribution >= 4 is 34.4 Å². The summed E-state index contributed by atoms with van der Waals surface area (Å²) >= 11 is 0. The van der Waals surface area contributed by atoms with Crippen LogP contribution in [0.3, 0.4) is 0 Å². The second-order valence-electron chi connectivity index (χ2n) is 6.82. The number of anilines is 1. The van der Waals surface area contributed by atoms with E-state index < -0.39 is 22.2 Å². The molecule has 0 radical (unpaired) electrons. The van der Waals surface area contributed by atoms with Crippen molar-refractivity contribution in [2.24, 2.45) is 0 Å². The van der Waals surface area contributed by atoms with Gasteiger partial charge in [-0.25, -0.2) is 4.79 Å². The lowest BCUT2D eigenvalue weighted by Gasteiger charge is -2.09. The molecule has 2 N–H and O–H groups in total. The zero-order chi connectivity index (χ0) is 22.8. The van der Waals surface area contributed by atoms with Crippen molar-refractivity contribution in [2.75, 3.05) is 5.32 Å². The Hall–Kier alpha value is -4.80. The molecule has 2 heterocycles. The molecular formula is C21H14N4O7. The van der Waals surface area contributed by atoms with Crippen molar-refractivity contribution in [3.8, 4) is 0 Å². The van der Waals surface area contributed by atoms with Crippen molar-refractivity contribution in [2.45, 2.75) is 6.54 Å². The molecule has 0 atom stereocenters. The summed E-state index contributed by atoms with van der Waals surface area (Å²) in [5.41, 5.74) is 0.247. The van der Waals surface area contributed by atoms with Crippen LogP contribution in [0.2, 0.25) is 0 Å². The molecule has 4 rings (SSSR count). The van der Waals surface area contributed by atoms with Gasteiger partial charge >= 0.3 is 5.97 Å². The van der Waals surface area contributed by atoms with E-state index in [1.807, 2.05) is 0 Å². The van der Waals surface area contributed by atoms with E-state index in [-0.39, 0.29) is 33.6 Å². The van der Waals surface area contributed by atoms with E-state index in [1.165, 1.54) is 48.8 Å². The maximum Gasteiger partial charge on any atom is 0.335 e. The van der Waals surface area contributed by atoms with Crippen molar-refractivity contribution in [1.29, 1.82) is 0 Å². The molecule has 32 heavy (non-hydrogen) atoms. The number of carboxylic acid groups (broad SMARTS) is 1. The highest BCUT2D eigenvalue weighted by atomic mass is 16.6. The van der Waals surface area contributed by atoms with Crippen molar-refractivity contribution in [3.63, 3.8) is 0 Å². The maximum absolute atomic E-state index is 12.7. The van der Waals surface area contributed by atoms with Gasteiger partial charge in [-0.1, -0.05) is 17.3 Å². The van der Waals surface area contributed by atoms with Gasteiger partial charge in [0.15, 0.2) is 16.8 Å². The van der Waals surface area contributed by atoms with Gasteiger partial charge in [0.25, 0.3) is 11.6 Å². The Labute approximate surface area is 178 Å². The first kappa shape index (κ1) is 20.5. The molecule has 2 aromatic carbocycles. The molecule has 0 bridgehead atoms. The van der Waals surface area contributed by atoms with Gasteiger partial charge in [0.05, 0.1) is 15.9 Å². The molecule has 4 aromatic rings. The smallest absolute Gasteiger partial charge is 0.335 e. The largest absolute Gasteiger partial charge is 0.478 e. The number of nitro groups is 1. The fraction of sp³-hybridized carbons (Fsp3) is 0.0476. The molecule has 0 unspecified atom stereocenters. The Bertz CT molecular complexity index is 1420. The molecule has 11 nitrogen and oxygen atoms in total. The number of carboxylic acids is 1. The highest BCUT2D eigenvalue weighted by Crippen LogP contribution is 2.27. The third-order valence-electron chi connectivity index (χ3n) is 4.68. The second-order valence-corrected chi connectivity index (χ2v) is 6.82. The average Bonchev–Trinajstić information content (AvgIpc) is 3.17. The van der Waals surface area contributed by atoms with E-state index in [0.717, 1.165) is 5.56 Å². The van der Waals surface area contributed by atoms with Gasteiger partial charge in [-0.2, -0.15) is 0 Å². The minimum absolute atomic E-state index is 0.0484. The zero-order valence-electron chi connectivity index (χ0n) is 16.2. The maximum atomic E-state index is 12.7. The van der Waals surface area contributed by atoms with Gasteiger partial charge < -0.3 is 19.5 Å². The average molecular weight is 434 g/mol. The van der Waals surface area contributed by atoms with E-state index in [9.17, 15) is 24.5 Å². The number of nitrogens with one attached hydrogen (secondary N) is 1. The lowest BCUT2D eigenvalue weighted by Crippen LogP contribution is -2.23. The summed E-state index contributed by atoms with van der Waals surface area (Å²) in [5.74, 6) is -1.84. The second kappa shape index (κ2) is 8.14. The molecule has 0 fully saturated rings. The molecular weight excluding hydrogens is 420 g/mol. The van der Waals surface area contributed by atoms with Crippen LogP contribution in [0.25, 0.3) is 11.0 Å². The fourth-order valence-electron chi connectivity index (χ4n) is 3.06. The zero-order valence-corrected chi connectivity index (χ0v) is 16.2. The Balaban J connectivity index is 1.58. The molecule has 0 saturated carbocycles. The molecule has 0 saturated heterocycles. The van der Waals surface area contributed by atoms with E-state index >= 15 is 0 Å². The quantitative estimate of drug-likeness (QED) is 0.346. The highest BCUT2D eigenvalue weighted by molar-refractivity contribution is 6.07. The van der Waals surface area contributed by atoms with Crippen LogP contribution in [0, 0.1) is 10.1 Å². The van der Waals surface area contributed by atoms with E-state index in [0.29, 0.717) is 6.54 Å². The number of rotatable bonds is 6. The number of pyridine rings is 1. The number of aromatic carboxylic acids is 1. The minimum Gasteiger partial charge on any atom is -0.478 e. The third kappa shape index (κ3) is 4.07. The topological polar surface area (TPSA) is 158 Å². The summed E-state index contributed by atoms with van der Waals surface area (Å²) in [7, 11) is 0. The van der Waals surface area contributed by atoms with Crippen LogP contribution >= 0.6 is 0 Å². The molecule has 2 aromatic heterocycles. The lowest BCUT2D eigenvalue weighted by molar-refractivity contribution is -0.384. The van der Waals surface area contributed by atoms with E-state index in [2.05, 4.69) is 10.5 Å².